The van der Waals surface area contributed by atoms with Crippen LogP contribution in [0, 0.1) is 0 Å². The van der Waals surface area contributed by atoms with Gasteiger partial charge in [-0.15, -0.1) is 0 Å². The molecule has 0 spiro atoms. The van der Waals surface area contributed by atoms with Gasteiger partial charge in [0.15, 0.2) is 5.82 Å². The van der Waals surface area contributed by atoms with Crippen LogP contribution >= 0.6 is 11.6 Å². The van der Waals surface area contributed by atoms with Gasteiger partial charge in [-0.1, -0.05) is 11.6 Å². The van der Waals surface area contributed by atoms with E-state index in [9.17, 15) is 13.2 Å². The first-order valence-corrected chi connectivity index (χ1v) is 8.14. The number of nitrogens with zero attached hydrogens (tertiary/aromatic N) is 2. The number of nitrogens with one attached hydrogen (secondary N) is 2. The van der Waals surface area contributed by atoms with Gasteiger partial charge in [0.2, 0.25) is 0 Å². The molecule has 0 aliphatic heterocycles. The lowest BCUT2D eigenvalue weighted by Crippen LogP contribution is -2.14. The molecule has 0 aliphatic rings. The Kier molecular flexibility index (Phi) is 4.15. The van der Waals surface area contributed by atoms with Crippen molar-refractivity contribution in [3.05, 3.63) is 35.2 Å². The number of hydrogen-bond donors (Lipinski definition) is 2. The Labute approximate surface area is 120 Å². The Morgan fingerprint density at radius 1 is 1.55 bits per heavy atom. The van der Waals surface area contributed by atoms with Gasteiger partial charge in [0, 0.05) is 24.7 Å². The van der Waals surface area contributed by atoms with Crippen molar-refractivity contribution in [3.8, 4) is 0 Å². The summed E-state index contributed by atoms with van der Waals surface area (Å²) in [6, 6.07) is 3.09. The molecule has 1 amide bonds. The van der Waals surface area contributed by atoms with E-state index in [-0.39, 0.29) is 18.2 Å². The van der Waals surface area contributed by atoms with E-state index in [1.54, 1.807) is 12.3 Å². The number of amides is 1. The summed E-state index contributed by atoms with van der Waals surface area (Å²) in [6.45, 7) is 0.239. The first-order valence-electron chi connectivity index (χ1n) is 5.70. The van der Waals surface area contributed by atoms with Gasteiger partial charge in [-0.25, -0.2) is 8.42 Å². The highest BCUT2D eigenvalue weighted by Gasteiger charge is 2.10. The molecule has 0 unspecified atom stereocenters. The van der Waals surface area contributed by atoms with Crippen LogP contribution in [0.5, 0.6) is 0 Å². The number of aryl methyl sites for hydroxylation is 1. The Hall–Kier alpha value is -1.80. The van der Waals surface area contributed by atoms with Crippen molar-refractivity contribution in [2.24, 2.45) is 0 Å². The van der Waals surface area contributed by atoms with E-state index in [0.717, 1.165) is 6.26 Å². The fourth-order valence-corrected chi connectivity index (χ4v) is 2.18. The van der Waals surface area contributed by atoms with Gasteiger partial charge in [0.05, 0.1) is 17.3 Å². The van der Waals surface area contributed by atoms with E-state index in [1.165, 1.54) is 16.9 Å². The molecule has 0 saturated heterocycles. The number of rotatable bonds is 5. The van der Waals surface area contributed by atoms with Crippen molar-refractivity contribution in [2.45, 2.75) is 6.54 Å². The number of aromatic nitrogens is 3. The first-order chi connectivity index (χ1) is 9.33. The first kappa shape index (κ1) is 14.6. The molecule has 0 saturated carbocycles. The highest BCUT2D eigenvalue weighted by molar-refractivity contribution is 7.90. The summed E-state index contributed by atoms with van der Waals surface area (Å²) in [6.07, 6.45) is 4.26. The molecule has 9 heteroatoms. The van der Waals surface area contributed by atoms with Crippen molar-refractivity contribution in [2.75, 3.05) is 17.3 Å². The second-order valence-electron chi connectivity index (χ2n) is 4.28. The zero-order valence-electron chi connectivity index (χ0n) is 10.6. The number of H-pyrrole nitrogens is 1. The maximum absolute atomic E-state index is 11.8. The maximum Gasteiger partial charge on any atom is 0.273 e. The van der Waals surface area contributed by atoms with E-state index < -0.39 is 9.84 Å². The molecule has 2 aromatic rings. The number of carbonyl (C=O) groups is 1. The normalized spacial score (nSPS) is 11.5. The summed E-state index contributed by atoms with van der Waals surface area (Å²) in [7, 11) is -3.04. The summed E-state index contributed by atoms with van der Waals surface area (Å²) < 4.78 is 23.6. The topological polar surface area (TPSA) is 96.9 Å². The highest BCUT2D eigenvalue weighted by Crippen LogP contribution is 2.11. The van der Waals surface area contributed by atoms with Crippen LogP contribution in [0.2, 0.25) is 5.02 Å². The Morgan fingerprint density at radius 2 is 2.30 bits per heavy atom. The molecule has 20 heavy (non-hydrogen) atoms. The van der Waals surface area contributed by atoms with E-state index in [2.05, 4.69) is 15.4 Å². The van der Waals surface area contributed by atoms with Crippen LogP contribution in [0.15, 0.2) is 24.5 Å². The largest absolute Gasteiger partial charge is 0.356 e. The molecule has 2 aromatic heterocycles. The fourth-order valence-electron chi connectivity index (χ4n) is 1.49. The molecule has 0 aromatic carbocycles. The lowest BCUT2D eigenvalue weighted by molar-refractivity contribution is 0.102. The standard InChI is InChI=1S/C11H13ClN4O3S/c1-20(18,19)5-4-16-3-2-10(15-16)14-11(17)9-6-8(12)7-13-9/h2-3,6-7,13H,4-5H2,1H3,(H,14,15,17). The number of aromatic amines is 1. The zero-order valence-corrected chi connectivity index (χ0v) is 12.2. The minimum absolute atomic E-state index is 0.00565. The summed E-state index contributed by atoms with van der Waals surface area (Å²) in [4.78, 5) is 14.5. The van der Waals surface area contributed by atoms with Gasteiger partial charge < -0.3 is 10.3 Å². The Bertz CT molecular complexity index is 720. The second-order valence-corrected chi connectivity index (χ2v) is 6.98. The van der Waals surface area contributed by atoms with Gasteiger partial charge in [0.25, 0.3) is 5.91 Å². The molecule has 0 atom stereocenters. The molecule has 108 valence electrons. The third kappa shape index (κ3) is 4.10. The molecule has 2 heterocycles. The fraction of sp³-hybridized carbons (Fsp3) is 0.273. The van der Waals surface area contributed by atoms with Gasteiger partial charge in [-0.2, -0.15) is 5.10 Å². The van der Waals surface area contributed by atoms with Crippen molar-refractivity contribution in [1.82, 2.24) is 14.8 Å². The van der Waals surface area contributed by atoms with Crippen molar-refractivity contribution >= 4 is 33.2 Å². The van der Waals surface area contributed by atoms with Crippen LogP contribution in [0.4, 0.5) is 5.82 Å². The lowest BCUT2D eigenvalue weighted by Gasteiger charge is -2.01. The summed E-state index contributed by atoms with van der Waals surface area (Å²) in [5.41, 5.74) is 0.320. The van der Waals surface area contributed by atoms with Crippen molar-refractivity contribution in [1.29, 1.82) is 0 Å². The second kappa shape index (κ2) is 5.68. The third-order valence-electron chi connectivity index (χ3n) is 2.47. The Morgan fingerprint density at radius 3 is 2.90 bits per heavy atom. The Balaban J connectivity index is 1.97. The summed E-state index contributed by atoms with van der Waals surface area (Å²) in [5, 5.41) is 7.08. The number of carbonyl (C=O) groups excluding carboxylic acids is 1. The predicted molar refractivity (Wildman–Crippen MR) is 75.7 cm³/mol. The zero-order chi connectivity index (χ0) is 14.8. The van der Waals surface area contributed by atoms with Crippen LogP contribution in [0.3, 0.4) is 0 Å². The van der Waals surface area contributed by atoms with E-state index in [4.69, 9.17) is 11.6 Å². The molecule has 0 bridgehead atoms. The average molecular weight is 317 g/mol. The number of anilines is 1. The number of halogens is 1. The average Bonchev–Trinajstić information content (AvgIpc) is 2.95. The SMILES string of the molecule is CS(=O)(=O)CCn1ccc(NC(=O)c2cc(Cl)c[nH]2)n1. The van der Waals surface area contributed by atoms with Gasteiger partial charge >= 0.3 is 0 Å². The third-order valence-corrected chi connectivity index (χ3v) is 3.61. The van der Waals surface area contributed by atoms with Gasteiger partial charge in [0.1, 0.15) is 15.5 Å². The van der Waals surface area contributed by atoms with E-state index >= 15 is 0 Å². The van der Waals surface area contributed by atoms with Crippen LogP contribution in [0.1, 0.15) is 10.5 Å². The maximum atomic E-state index is 11.8. The quantitative estimate of drug-likeness (QED) is 0.865. The highest BCUT2D eigenvalue weighted by atomic mass is 35.5. The molecule has 0 aliphatic carbocycles. The smallest absolute Gasteiger partial charge is 0.273 e. The van der Waals surface area contributed by atoms with Crippen LogP contribution < -0.4 is 5.32 Å². The molecule has 2 N–H and O–H groups in total. The molecular formula is C11H13ClN4O3S. The minimum Gasteiger partial charge on any atom is -0.356 e. The minimum atomic E-state index is -3.04. The molecule has 7 nitrogen and oxygen atoms in total. The lowest BCUT2D eigenvalue weighted by atomic mass is 10.4. The van der Waals surface area contributed by atoms with Crippen LogP contribution in [0.25, 0.3) is 0 Å². The molecule has 0 fully saturated rings. The number of hydrogen-bond acceptors (Lipinski definition) is 4. The molecule has 2 rings (SSSR count). The predicted octanol–water partition coefficient (Wildman–Crippen LogP) is 1.16. The van der Waals surface area contributed by atoms with E-state index in [1.807, 2.05) is 0 Å². The van der Waals surface area contributed by atoms with Crippen LogP contribution in [-0.4, -0.2) is 41.1 Å². The van der Waals surface area contributed by atoms with Crippen LogP contribution in [-0.2, 0) is 16.4 Å². The van der Waals surface area contributed by atoms with Crippen molar-refractivity contribution in [3.63, 3.8) is 0 Å². The van der Waals surface area contributed by atoms with Crippen molar-refractivity contribution < 1.29 is 13.2 Å². The monoisotopic (exact) mass is 316 g/mol. The summed E-state index contributed by atoms with van der Waals surface area (Å²) >= 11 is 5.71. The summed E-state index contributed by atoms with van der Waals surface area (Å²) in [5.74, 6) is -0.0339. The molecular weight excluding hydrogens is 304 g/mol. The molecule has 0 radical (unpaired) electrons. The van der Waals surface area contributed by atoms with Gasteiger partial charge in [-0.05, 0) is 6.07 Å². The van der Waals surface area contributed by atoms with E-state index in [0.29, 0.717) is 16.5 Å². The van der Waals surface area contributed by atoms with Gasteiger partial charge in [-0.3, -0.25) is 9.48 Å². The number of sulfone groups is 1.